The molecule has 0 amide bonds. The predicted molar refractivity (Wildman–Crippen MR) is 60.3 cm³/mol. The van der Waals surface area contributed by atoms with E-state index in [0.717, 1.165) is 11.1 Å². The molecular formula is C12H14FN3. The third kappa shape index (κ3) is 2.46. The van der Waals surface area contributed by atoms with Gasteiger partial charge in [-0.2, -0.15) is 5.10 Å². The molecule has 0 bridgehead atoms. The third-order valence-electron chi connectivity index (χ3n) is 2.41. The fourth-order valence-corrected chi connectivity index (χ4v) is 1.52. The number of nitrogens with zero attached hydrogens (tertiary/aromatic N) is 2. The average Bonchev–Trinajstić information content (AvgIpc) is 2.66. The van der Waals surface area contributed by atoms with Gasteiger partial charge in [-0.15, -0.1) is 0 Å². The summed E-state index contributed by atoms with van der Waals surface area (Å²) in [5, 5.41) is 4.18. The summed E-state index contributed by atoms with van der Waals surface area (Å²) in [6.45, 7) is 2.47. The Hall–Kier alpha value is -1.68. The van der Waals surface area contributed by atoms with Crippen molar-refractivity contribution in [1.82, 2.24) is 9.78 Å². The monoisotopic (exact) mass is 219 g/mol. The first-order valence-electron chi connectivity index (χ1n) is 5.17. The standard InChI is InChI=1S/C12H14FN3/c1-9(14)11-6-15-16(8-11)7-10-3-2-4-12(13)5-10/h2-6,8-9H,7,14H2,1H3/t9-/m0/s1. The van der Waals surface area contributed by atoms with E-state index in [1.807, 2.05) is 19.2 Å². The molecule has 1 heterocycles. The Kier molecular flexibility index (Phi) is 3.01. The molecule has 3 nitrogen and oxygen atoms in total. The molecule has 0 aliphatic heterocycles. The Bertz CT molecular complexity index is 477. The first kappa shape index (κ1) is 10.8. The summed E-state index contributed by atoms with van der Waals surface area (Å²) in [7, 11) is 0. The lowest BCUT2D eigenvalue weighted by Gasteiger charge is -2.02. The van der Waals surface area contributed by atoms with Gasteiger partial charge in [0.2, 0.25) is 0 Å². The number of nitrogens with two attached hydrogens (primary N) is 1. The topological polar surface area (TPSA) is 43.8 Å². The largest absolute Gasteiger partial charge is 0.324 e. The highest BCUT2D eigenvalue weighted by molar-refractivity contribution is 5.17. The number of hydrogen-bond donors (Lipinski definition) is 1. The SMILES string of the molecule is C[C@H](N)c1cnn(Cc2cccc(F)c2)c1. The normalized spacial score (nSPS) is 12.7. The van der Waals surface area contributed by atoms with Crippen LogP contribution in [0.5, 0.6) is 0 Å². The van der Waals surface area contributed by atoms with Crippen molar-refractivity contribution in [2.45, 2.75) is 19.5 Å². The second-order valence-electron chi connectivity index (χ2n) is 3.89. The van der Waals surface area contributed by atoms with Crippen molar-refractivity contribution in [3.8, 4) is 0 Å². The minimum absolute atomic E-state index is 0.0266. The molecule has 0 saturated heterocycles. The molecular weight excluding hydrogens is 205 g/mol. The van der Waals surface area contributed by atoms with Crippen LogP contribution < -0.4 is 5.73 Å². The van der Waals surface area contributed by atoms with Crippen molar-refractivity contribution in [3.05, 3.63) is 53.6 Å². The first-order valence-corrected chi connectivity index (χ1v) is 5.17. The van der Waals surface area contributed by atoms with Crippen LogP contribution in [0, 0.1) is 5.82 Å². The van der Waals surface area contributed by atoms with Crippen LogP contribution in [0.1, 0.15) is 24.1 Å². The predicted octanol–water partition coefficient (Wildman–Crippen LogP) is 2.09. The maximum Gasteiger partial charge on any atom is 0.123 e. The maximum absolute atomic E-state index is 13.0. The van der Waals surface area contributed by atoms with E-state index in [-0.39, 0.29) is 11.9 Å². The molecule has 0 aliphatic carbocycles. The fraction of sp³-hybridized carbons (Fsp3) is 0.250. The van der Waals surface area contributed by atoms with E-state index in [4.69, 9.17) is 5.73 Å². The molecule has 0 unspecified atom stereocenters. The molecule has 2 rings (SSSR count). The Labute approximate surface area is 93.7 Å². The van der Waals surface area contributed by atoms with Gasteiger partial charge in [0.15, 0.2) is 0 Å². The lowest BCUT2D eigenvalue weighted by molar-refractivity contribution is 0.619. The summed E-state index contributed by atoms with van der Waals surface area (Å²) < 4.78 is 14.7. The van der Waals surface area contributed by atoms with E-state index in [9.17, 15) is 4.39 Å². The fourth-order valence-electron chi connectivity index (χ4n) is 1.52. The molecule has 2 N–H and O–H groups in total. The van der Waals surface area contributed by atoms with Crippen LogP contribution in [0.3, 0.4) is 0 Å². The van der Waals surface area contributed by atoms with Crippen molar-refractivity contribution in [3.63, 3.8) is 0 Å². The van der Waals surface area contributed by atoms with Gasteiger partial charge in [-0.3, -0.25) is 4.68 Å². The molecule has 2 aromatic rings. The molecule has 0 saturated carbocycles. The van der Waals surface area contributed by atoms with Gasteiger partial charge in [-0.1, -0.05) is 12.1 Å². The summed E-state index contributed by atoms with van der Waals surface area (Å²) in [6, 6.07) is 6.48. The molecule has 16 heavy (non-hydrogen) atoms. The van der Waals surface area contributed by atoms with E-state index in [1.54, 1.807) is 16.9 Å². The van der Waals surface area contributed by atoms with Gasteiger partial charge in [0.1, 0.15) is 5.82 Å². The highest BCUT2D eigenvalue weighted by Crippen LogP contribution is 2.10. The van der Waals surface area contributed by atoms with Gasteiger partial charge >= 0.3 is 0 Å². The summed E-state index contributed by atoms with van der Waals surface area (Å²) in [5.41, 5.74) is 7.60. The van der Waals surface area contributed by atoms with Crippen LogP contribution in [0.2, 0.25) is 0 Å². The third-order valence-corrected chi connectivity index (χ3v) is 2.41. The zero-order chi connectivity index (χ0) is 11.5. The maximum atomic E-state index is 13.0. The van der Waals surface area contributed by atoms with Gasteiger partial charge in [-0.05, 0) is 24.6 Å². The summed E-state index contributed by atoms with van der Waals surface area (Å²) >= 11 is 0. The Morgan fingerprint density at radius 1 is 1.50 bits per heavy atom. The van der Waals surface area contributed by atoms with Crippen molar-refractivity contribution in [2.75, 3.05) is 0 Å². The van der Waals surface area contributed by atoms with Crippen molar-refractivity contribution >= 4 is 0 Å². The Morgan fingerprint density at radius 2 is 2.31 bits per heavy atom. The summed E-state index contributed by atoms with van der Waals surface area (Å²) in [5.74, 6) is -0.225. The van der Waals surface area contributed by atoms with Crippen molar-refractivity contribution in [2.24, 2.45) is 5.73 Å². The zero-order valence-electron chi connectivity index (χ0n) is 9.10. The van der Waals surface area contributed by atoms with Crippen LogP contribution in [-0.2, 0) is 6.54 Å². The Balaban J connectivity index is 2.14. The lowest BCUT2D eigenvalue weighted by atomic mass is 10.2. The van der Waals surface area contributed by atoms with Crippen LogP contribution in [0.4, 0.5) is 4.39 Å². The lowest BCUT2D eigenvalue weighted by Crippen LogP contribution is -2.04. The molecule has 0 aliphatic rings. The van der Waals surface area contributed by atoms with Gasteiger partial charge in [0.25, 0.3) is 0 Å². The van der Waals surface area contributed by atoms with Crippen molar-refractivity contribution < 1.29 is 4.39 Å². The number of halogens is 1. The van der Waals surface area contributed by atoms with Crippen LogP contribution >= 0.6 is 0 Å². The zero-order valence-corrected chi connectivity index (χ0v) is 9.10. The summed E-state index contributed by atoms with van der Waals surface area (Å²) in [6.07, 6.45) is 3.62. The number of benzene rings is 1. The minimum Gasteiger partial charge on any atom is -0.324 e. The molecule has 1 atom stereocenters. The second-order valence-corrected chi connectivity index (χ2v) is 3.89. The average molecular weight is 219 g/mol. The van der Waals surface area contributed by atoms with Gasteiger partial charge in [0, 0.05) is 17.8 Å². The highest BCUT2D eigenvalue weighted by atomic mass is 19.1. The molecule has 4 heteroatoms. The molecule has 0 radical (unpaired) electrons. The number of hydrogen-bond acceptors (Lipinski definition) is 2. The van der Waals surface area contributed by atoms with E-state index in [2.05, 4.69) is 5.10 Å². The van der Waals surface area contributed by atoms with Crippen LogP contribution in [0.25, 0.3) is 0 Å². The molecule has 0 spiro atoms. The van der Waals surface area contributed by atoms with Crippen molar-refractivity contribution in [1.29, 1.82) is 0 Å². The van der Waals surface area contributed by atoms with E-state index >= 15 is 0 Å². The second kappa shape index (κ2) is 4.45. The first-order chi connectivity index (χ1) is 7.65. The highest BCUT2D eigenvalue weighted by Gasteiger charge is 2.03. The number of aromatic nitrogens is 2. The van der Waals surface area contributed by atoms with Gasteiger partial charge < -0.3 is 5.73 Å². The minimum atomic E-state index is -0.225. The Morgan fingerprint density at radius 3 is 2.94 bits per heavy atom. The molecule has 1 aromatic carbocycles. The van der Waals surface area contributed by atoms with Crippen LogP contribution in [0.15, 0.2) is 36.7 Å². The van der Waals surface area contributed by atoms with E-state index < -0.39 is 0 Å². The molecule has 84 valence electrons. The van der Waals surface area contributed by atoms with E-state index in [0.29, 0.717) is 6.54 Å². The van der Waals surface area contributed by atoms with Crippen LogP contribution in [-0.4, -0.2) is 9.78 Å². The molecule has 0 fully saturated rings. The number of rotatable bonds is 3. The smallest absolute Gasteiger partial charge is 0.123 e. The van der Waals surface area contributed by atoms with Gasteiger partial charge in [-0.25, -0.2) is 4.39 Å². The quantitative estimate of drug-likeness (QED) is 0.859. The van der Waals surface area contributed by atoms with Gasteiger partial charge in [0.05, 0.1) is 12.7 Å². The molecule has 1 aromatic heterocycles. The summed E-state index contributed by atoms with van der Waals surface area (Å²) in [4.78, 5) is 0. The van der Waals surface area contributed by atoms with E-state index in [1.165, 1.54) is 12.1 Å².